The predicted octanol–water partition coefficient (Wildman–Crippen LogP) is 3.12. The number of rotatable bonds is 11. The number of amides is 2. The Labute approximate surface area is 268 Å². The first-order chi connectivity index (χ1) is 20.7. The smallest absolute Gasteiger partial charge is 0.434 e. The molecule has 17 heteroatoms. The quantitative estimate of drug-likeness (QED) is 0.232. The van der Waals surface area contributed by atoms with Gasteiger partial charge in [0.25, 0.3) is 0 Å². The van der Waals surface area contributed by atoms with Crippen molar-refractivity contribution in [1.82, 2.24) is 35.0 Å². The van der Waals surface area contributed by atoms with Crippen LogP contribution in [0.15, 0.2) is 53.9 Å². The van der Waals surface area contributed by atoms with Gasteiger partial charge in [0.2, 0.25) is 0 Å². The molecule has 2 amide bonds. The second-order valence-corrected chi connectivity index (χ2v) is 10.1. The highest BCUT2D eigenvalue weighted by molar-refractivity contribution is 14.0. The Morgan fingerprint density at radius 2 is 1.86 bits per heavy atom. The second-order valence-electron chi connectivity index (χ2n) is 10.1. The van der Waals surface area contributed by atoms with Gasteiger partial charge in [-0.3, -0.25) is 9.91 Å². The van der Waals surface area contributed by atoms with E-state index in [1.54, 1.807) is 41.0 Å². The van der Waals surface area contributed by atoms with Crippen molar-refractivity contribution in [2.75, 3.05) is 44.5 Å². The summed E-state index contributed by atoms with van der Waals surface area (Å²) in [5, 5.41) is 28.9. The summed E-state index contributed by atoms with van der Waals surface area (Å²) in [4.78, 5) is 29.9. The van der Waals surface area contributed by atoms with Crippen molar-refractivity contribution in [3.8, 4) is 5.69 Å². The summed E-state index contributed by atoms with van der Waals surface area (Å²) in [6.07, 6.45) is 2.68. The molecule has 0 bridgehead atoms. The van der Waals surface area contributed by atoms with E-state index in [-0.39, 0.29) is 62.6 Å². The highest BCUT2D eigenvalue weighted by Gasteiger charge is 2.47. The highest BCUT2D eigenvalue weighted by Crippen LogP contribution is 2.35. The number of carbonyl (C=O) groups excluding carboxylic acids is 2. The third-order valence-electron chi connectivity index (χ3n) is 7.29. The lowest BCUT2D eigenvalue weighted by molar-refractivity contribution is -0.0602. The fourth-order valence-corrected chi connectivity index (χ4v) is 4.99. The number of hydrogen-bond acceptors (Lipinski definition) is 11. The van der Waals surface area contributed by atoms with Crippen LogP contribution in [0.1, 0.15) is 25.8 Å². The number of carbonyl (C=O) groups is 2. The normalized spacial score (nSPS) is 16.6. The molecule has 3 aromatic rings. The van der Waals surface area contributed by atoms with Crippen LogP contribution in [-0.4, -0.2) is 104 Å². The molecular formula is C27H32F2IN9O5. The monoisotopic (exact) mass is 727 g/mol. The van der Waals surface area contributed by atoms with Gasteiger partial charge in [-0.05, 0) is 54.1 Å². The van der Waals surface area contributed by atoms with E-state index in [2.05, 4.69) is 20.6 Å². The van der Waals surface area contributed by atoms with Crippen LogP contribution < -0.4 is 4.90 Å². The minimum absolute atomic E-state index is 0. The number of hydrazone groups is 1. The fourth-order valence-electron chi connectivity index (χ4n) is 4.99. The topological polar surface area (TPSA) is 142 Å². The Kier molecular flexibility index (Phi) is 10.5. The van der Waals surface area contributed by atoms with Gasteiger partial charge in [0.05, 0.1) is 24.9 Å². The van der Waals surface area contributed by atoms with Gasteiger partial charge >= 0.3 is 12.2 Å². The second kappa shape index (κ2) is 14.1. The zero-order valence-corrected chi connectivity index (χ0v) is 26.3. The molecule has 44 heavy (non-hydrogen) atoms. The molecule has 1 aromatic heterocycles. The van der Waals surface area contributed by atoms with Crippen LogP contribution in [0.5, 0.6) is 0 Å². The van der Waals surface area contributed by atoms with E-state index in [0.717, 1.165) is 6.07 Å². The Bertz CT molecular complexity index is 1470. The molecule has 1 N–H and O–H groups in total. The third-order valence-corrected chi connectivity index (χ3v) is 7.29. The summed E-state index contributed by atoms with van der Waals surface area (Å²) in [5.74, 6) is -1.76. The molecule has 1 saturated heterocycles. The van der Waals surface area contributed by atoms with Crippen molar-refractivity contribution >= 4 is 48.2 Å². The number of tetrazole rings is 1. The number of urea groups is 1. The molecule has 0 radical (unpaired) electrons. The molecule has 0 unspecified atom stereocenters. The molecule has 2 aliphatic heterocycles. The van der Waals surface area contributed by atoms with Crippen molar-refractivity contribution < 1.29 is 33.0 Å². The molecule has 0 saturated carbocycles. The average Bonchev–Trinajstić information content (AvgIpc) is 3.76. The number of hydrogen-bond donors (Lipinski definition) is 1. The SMILES string of the molecule is CCCOC(=O)OCN1C=NN(C[C@](O)(c2ccc(F)cc2F)[C@@H](C)N2CCN(c3ccc(-n4cnnn4)cc3)C2=O)C1.I. The Morgan fingerprint density at radius 3 is 2.55 bits per heavy atom. The van der Waals surface area contributed by atoms with Gasteiger partial charge in [0, 0.05) is 30.4 Å². The Hall–Kier alpha value is -4.13. The molecule has 0 spiro atoms. The lowest BCUT2D eigenvalue weighted by Gasteiger charge is -2.41. The maximum Gasteiger partial charge on any atom is 0.510 e. The van der Waals surface area contributed by atoms with Crippen LogP contribution in [0.4, 0.5) is 24.1 Å². The van der Waals surface area contributed by atoms with Crippen LogP contribution >= 0.6 is 24.0 Å². The molecular weight excluding hydrogens is 695 g/mol. The van der Waals surface area contributed by atoms with Gasteiger partial charge in [-0.2, -0.15) is 5.10 Å². The summed E-state index contributed by atoms with van der Waals surface area (Å²) in [6.45, 7) is 3.92. The first kappa shape index (κ1) is 32.8. The molecule has 2 aliphatic rings. The largest absolute Gasteiger partial charge is 0.510 e. The van der Waals surface area contributed by atoms with Gasteiger partial charge in [0.1, 0.15) is 36.6 Å². The Balaban J connectivity index is 0.00000442. The zero-order valence-electron chi connectivity index (χ0n) is 24.0. The van der Waals surface area contributed by atoms with Gasteiger partial charge in [-0.25, -0.2) is 23.1 Å². The van der Waals surface area contributed by atoms with E-state index in [1.165, 1.54) is 33.3 Å². The lowest BCUT2D eigenvalue weighted by atomic mass is 9.85. The number of aliphatic hydroxyl groups is 1. The first-order valence-corrected chi connectivity index (χ1v) is 13.6. The molecule has 0 aliphatic carbocycles. The number of nitrogens with zero attached hydrogens (tertiary/aromatic N) is 9. The van der Waals surface area contributed by atoms with Gasteiger partial charge in [-0.1, -0.05) is 13.0 Å². The van der Waals surface area contributed by atoms with E-state index in [4.69, 9.17) is 9.47 Å². The highest BCUT2D eigenvalue weighted by atomic mass is 127. The zero-order chi connectivity index (χ0) is 30.6. The van der Waals surface area contributed by atoms with Crippen molar-refractivity contribution in [1.29, 1.82) is 0 Å². The minimum Gasteiger partial charge on any atom is -0.434 e. The molecule has 5 rings (SSSR count). The Morgan fingerprint density at radius 1 is 1.11 bits per heavy atom. The summed E-state index contributed by atoms with van der Waals surface area (Å²) >= 11 is 0. The van der Waals surface area contributed by atoms with E-state index >= 15 is 4.39 Å². The summed E-state index contributed by atoms with van der Waals surface area (Å²) in [7, 11) is 0. The molecule has 14 nitrogen and oxygen atoms in total. The van der Waals surface area contributed by atoms with E-state index in [0.29, 0.717) is 30.4 Å². The maximum absolute atomic E-state index is 15.2. The number of benzene rings is 2. The molecule has 1 fully saturated rings. The first-order valence-electron chi connectivity index (χ1n) is 13.6. The minimum atomic E-state index is -2.01. The maximum atomic E-state index is 15.2. The van der Waals surface area contributed by atoms with Crippen LogP contribution in [0.25, 0.3) is 5.69 Å². The average molecular weight is 728 g/mol. The number of ether oxygens (including phenoxy) is 2. The fraction of sp³-hybridized carbons (Fsp3) is 0.407. The molecule has 236 valence electrons. The van der Waals surface area contributed by atoms with Crippen molar-refractivity contribution in [2.24, 2.45) is 5.10 Å². The van der Waals surface area contributed by atoms with E-state index in [9.17, 15) is 19.1 Å². The summed E-state index contributed by atoms with van der Waals surface area (Å²) < 4.78 is 40.5. The molecule has 2 atom stereocenters. The van der Waals surface area contributed by atoms with Crippen molar-refractivity contribution in [2.45, 2.75) is 31.9 Å². The molecule has 3 heterocycles. The summed E-state index contributed by atoms with van der Waals surface area (Å²) in [5.41, 5.74) is -0.881. The lowest BCUT2D eigenvalue weighted by Crippen LogP contribution is -2.55. The van der Waals surface area contributed by atoms with Crippen LogP contribution in [0.3, 0.4) is 0 Å². The van der Waals surface area contributed by atoms with Crippen molar-refractivity contribution in [3.63, 3.8) is 0 Å². The summed E-state index contributed by atoms with van der Waals surface area (Å²) in [6, 6.07) is 8.58. The van der Waals surface area contributed by atoms with Gasteiger partial charge in [0.15, 0.2) is 6.73 Å². The van der Waals surface area contributed by atoms with Gasteiger partial charge in [-0.15, -0.1) is 29.1 Å². The van der Waals surface area contributed by atoms with Gasteiger partial charge < -0.3 is 24.4 Å². The van der Waals surface area contributed by atoms with Crippen LogP contribution in [0, 0.1) is 11.6 Å². The third kappa shape index (κ3) is 6.98. The standard InChI is InChI=1S/C27H31F2N9O5.HI/c1-3-12-42-26(40)43-18-34-16-31-35(17-34)14-27(41,23-9-4-20(28)13-24(23)29)19(2)36-10-11-37(25(36)39)21-5-7-22(8-6-21)38-15-30-32-33-38;/h4-9,13,15-16,19,41H,3,10-12,14,17-18H2,1-2H3;1H/t19-,27-;/m1./s1. The molecule has 2 aromatic carbocycles. The number of anilines is 1. The van der Waals surface area contributed by atoms with Crippen molar-refractivity contribution in [3.05, 3.63) is 66.0 Å². The van der Waals surface area contributed by atoms with Crippen LogP contribution in [0.2, 0.25) is 0 Å². The number of β-amino-alcohol motifs (C(OH)–C–C–N with tert-alkyl or cyclic N) is 1. The van der Waals surface area contributed by atoms with E-state index in [1.807, 2.05) is 6.92 Å². The predicted molar refractivity (Wildman–Crippen MR) is 163 cm³/mol. The number of aromatic nitrogens is 4. The number of halogens is 3. The van der Waals surface area contributed by atoms with Crippen LogP contribution in [-0.2, 0) is 15.1 Å². The van der Waals surface area contributed by atoms with E-state index < -0.39 is 35.5 Å².